The van der Waals surface area contributed by atoms with E-state index in [2.05, 4.69) is 25.8 Å². The first-order valence-corrected chi connectivity index (χ1v) is 9.98. The number of rotatable bonds is 5. The molecule has 4 aromatic rings. The van der Waals surface area contributed by atoms with Crippen molar-refractivity contribution in [2.24, 2.45) is 5.10 Å². The largest absolute Gasteiger partial charge is 0.291 e. The maximum Gasteiger partial charge on any atom is 0.291 e. The molecule has 2 N–H and O–H groups in total. The van der Waals surface area contributed by atoms with E-state index in [4.69, 9.17) is 11.6 Å². The summed E-state index contributed by atoms with van der Waals surface area (Å²) < 4.78 is 2.52. The number of aromatic amines is 1. The molecule has 3 heterocycles. The molecule has 0 unspecified atom stereocenters. The van der Waals surface area contributed by atoms with Crippen LogP contribution in [0.15, 0.2) is 53.6 Å². The molecule has 1 aromatic carbocycles. The van der Waals surface area contributed by atoms with Crippen molar-refractivity contribution in [3.8, 4) is 16.3 Å². The Morgan fingerprint density at radius 1 is 1.24 bits per heavy atom. The van der Waals surface area contributed by atoms with Gasteiger partial charge in [-0.15, -0.1) is 11.3 Å². The standard InChI is InChI=1S/C20H17ClN6OS/c1-12-15(13(2)27(26-12)14-6-4-3-5-7-14)11-22-25-20(28)17-10-16(23-24-17)18-8-9-19(21)29-18/h3-11H,1-2H3,(H,23,24)(H,25,28)/b22-11-. The predicted molar refractivity (Wildman–Crippen MR) is 115 cm³/mol. The number of nitrogens with one attached hydrogen (secondary N) is 2. The second kappa shape index (κ2) is 8.02. The molecule has 0 atom stereocenters. The van der Waals surface area contributed by atoms with E-state index in [9.17, 15) is 4.79 Å². The monoisotopic (exact) mass is 424 g/mol. The Labute approximate surface area is 176 Å². The van der Waals surface area contributed by atoms with E-state index in [1.54, 1.807) is 18.3 Å². The quantitative estimate of drug-likeness (QED) is 0.368. The smallest absolute Gasteiger partial charge is 0.276 e. The van der Waals surface area contributed by atoms with E-state index in [-0.39, 0.29) is 5.69 Å². The Hall–Kier alpha value is -3.23. The highest BCUT2D eigenvalue weighted by Crippen LogP contribution is 2.29. The molecule has 0 aliphatic carbocycles. The third kappa shape index (κ3) is 3.98. The molecule has 0 aliphatic rings. The second-order valence-electron chi connectivity index (χ2n) is 6.30. The minimum absolute atomic E-state index is 0.245. The molecular weight excluding hydrogens is 408 g/mol. The molecule has 146 valence electrons. The average molecular weight is 425 g/mol. The lowest BCUT2D eigenvalue weighted by atomic mass is 10.2. The Kier molecular flexibility index (Phi) is 5.28. The van der Waals surface area contributed by atoms with Gasteiger partial charge in [0.25, 0.3) is 5.91 Å². The summed E-state index contributed by atoms with van der Waals surface area (Å²) in [4.78, 5) is 13.2. The first-order valence-electron chi connectivity index (χ1n) is 8.79. The van der Waals surface area contributed by atoms with Gasteiger partial charge in [0.2, 0.25) is 0 Å². The number of hydrogen-bond donors (Lipinski definition) is 2. The van der Waals surface area contributed by atoms with Gasteiger partial charge >= 0.3 is 0 Å². The van der Waals surface area contributed by atoms with E-state index in [0.29, 0.717) is 4.34 Å². The molecule has 9 heteroatoms. The van der Waals surface area contributed by atoms with E-state index in [0.717, 1.165) is 33.2 Å². The van der Waals surface area contributed by atoms with Crippen LogP contribution >= 0.6 is 22.9 Å². The van der Waals surface area contributed by atoms with Gasteiger partial charge < -0.3 is 0 Å². The molecule has 4 rings (SSSR count). The van der Waals surface area contributed by atoms with E-state index in [1.807, 2.05) is 54.9 Å². The van der Waals surface area contributed by atoms with E-state index < -0.39 is 5.91 Å². The Balaban J connectivity index is 1.47. The van der Waals surface area contributed by atoms with Crippen LogP contribution in [0.25, 0.3) is 16.3 Å². The maximum atomic E-state index is 12.3. The van der Waals surface area contributed by atoms with Gasteiger partial charge in [0, 0.05) is 5.56 Å². The number of aryl methyl sites for hydroxylation is 1. The number of benzene rings is 1. The van der Waals surface area contributed by atoms with Gasteiger partial charge in [-0.3, -0.25) is 9.89 Å². The molecule has 1 amide bonds. The van der Waals surface area contributed by atoms with Crippen molar-refractivity contribution in [1.29, 1.82) is 0 Å². The highest BCUT2D eigenvalue weighted by Gasteiger charge is 2.13. The fourth-order valence-electron chi connectivity index (χ4n) is 2.90. The van der Waals surface area contributed by atoms with Crippen molar-refractivity contribution in [2.75, 3.05) is 0 Å². The number of amides is 1. The topological polar surface area (TPSA) is 88.0 Å². The van der Waals surface area contributed by atoms with Crippen LogP contribution in [-0.4, -0.2) is 32.1 Å². The molecular formula is C20H17ClN6OS. The molecule has 0 bridgehead atoms. The van der Waals surface area contributed by atoms with Crippen molar-refractivity contribution in [2.45, 2.75) is 13.8 Å². The van der Waals surface area contributed by atoms with Crippen LogP contribution in [0.5, 0.6) is 0 Å². The SMILES string of the molecule is Cc1nn(-c2ccccc2)c(C)c1/C=N\NC(=O)c1cc(-c2ccc(Cl)s2)[nH]n1. The lowest BCUT2D eigenvalue weighted by Gasteiger charge is -2.03. The summed E-state index contributed by atoms with van der Waals surface area (Å²) in [6.45, 7) is 3.87. The highest BCUT2D eigenvalue weighted by atomic mass is 35.5. The van der Waals surface area contributed by atoms with Crippen molar-refractivity contribution < 1.29 is 4.79 Å². The van der Waals surface area contributed by atoms with Gasteiger partial charge in [-0.1, -0.05) is 29.8 Å². The summed E-state index contributed by atoms with van der Waals surface area (Å²) in [6, 6.07) is 15.2. The van der Waals surface area contributed by atoms with Gasteiger partial charge in [-0.05, 0) is 44.2 Å². The molecule has 0 saturated carbocycles. The first kappa shape index (κ1) is 19.1. The Morgan fingerprint density at radius 2 is 2.03 bits per heavy atom. The number of thiophene rings is 1. The molecule has 0 saturated heterocycles. The zero-order chi connectivity index (χ0) is 20.4. The summed E-state index contributed by atoms with van der Waals surface area (Å²) in [7, 11) is 0. The van der Waals surface area contributed by atoms with E-state index >= 15 is 0 Å². The lowest BCUT2D eigenvalue weighted by molar-refractivity contribution is 0.0950. The molecule has 0 fully saturated rings. The van der Waals surface area contributed by atoms with Crippen LogP contribution in [0.4, 0.5) is 0 Å². The van der Waals surface area contributed by atoms with Crippen LogP contribution in [0, 0.1) is 13.8 Å². The fourth-order valence-corrected chi connectivity index (χ4v) is 3.91. The van der Waals surface area contributed by atoms with Gasteiger partial charge in [-0.2, -0.15) is 15.3 Å². The minimum Gasteiger partial charge on any atom is -0.276 e. The summed E-state index contributed by atoms with van der Waals surface area (Å²) in [5.41, 5.74) is 7.06. The van der Waals surface area contributed by atoms with Crippen LogP contribution in [0.1, 0.15) is 27.4 Å². The molecule has 0 aliphatic heterocycles. The summed E-state index contributed by atoms with van der Waals surface area (Å²) >= 11 is 7.36. The minimum atomic E-state index is -0.405. The zero-order valence-electron chi connectivity index (χ0n) is 15.7. The predicted octanol–water partition coefficient (Wildman–Crippen LogP) is 4.36. The van der Waals surface area contributed by atoms with Crippen LogP contribution in [-0.2, 0) is 0 Å². The molecule has 29 heavy (non-hydrogen) atoms. The number of para-hydroxylation sites is 1. The molecule has 7 nitrogen and oxygen atoms in total. The number of halogens is 1. The number of nitrogens with zero attached hydrogens (tertiary/aromatic N) is 4. The number of carbonyl (C=O) groups excluding carboxylic acids is 1. The first-order chi connectivity index (χ1) is 14.0. The summed E-state index contributed by atoms with van der Waals surface area (Å²) in [5, 5.41) is 15.5. The molecule has 0 radical (unpaired) electrons. The van der Waals surface area contributed by atoms with Crippen molar-refractivity contribution in [3.63, 3.8) is 0 Å². The number of hydrazone groups is 1. The van der Waals surface area contributed by atoms with Gasteiger partial charge in [0.05, 0.1) is 38.2 Å². The maximum absolute atomic E-state index is 12.3. The number of carbonyl (C=O) groups is 1. The van der Waals surface area contributed by atoms with Crippen molar-refractivity contribution in [1.82, 2.24) is 25.4 Å². The fraction of sp³-hybridized carbons (Fsp3) is 0.100. The third-order valence-electron chi connectivity index (χ3n) is 4.36. The molecule has 0 spiro atoms. The van der Waals surface area contributed by atoms with Gasteiger partial charge in [0.15, 0.2) is 5.69 Å². The third-order valence-corrected chi connectivity index (χ3v) is 5.62. The number of aromatic nitrogens is 4. The number of H-pyrrole nitrogens is 1. The average Bonchev–Trinajstić information content (AvgIpc) is 3.43. The summed E-state index contributed by atoms with van der Waals surface area (Å²) in [6.07, 6.45) is 1.60. The van der Waals surface area contributed by atoms with Gasteiger partial charge in [0.1, 0.15) is 0 Å². The van der Waals surface area contributed by atoms with E-state index in [1.165, 1.54) is 11.3 Å². The highest BCUT2D eigenvalue weighted by molar-refractivity contribution is 7.19. The molecule has 3 aromatic heterocycles. The van der Waals surface area contributed by atoms with Crippen LogP contribution in [0.3, 0.4) is 0 Å². The van der Waals surface area contributed by atoms with Crippen LogP contribution in [0.2, 0.25) is 4.34 Å². The normalized spacial score (nSPS) is 11.3. The Morgan fingerprint density at radius 3 is 2.76 bits per heavy atom. The second-order valence-corrected chi connectivity index (χ2v) is 8.02. The van der Waals surface area contributed by atoms with Crippen molar-refractivity contribution in [3.05, 3.63) is 75.5 Å². The van der Waals surface area contributed by atoms with Crippen molar-refractivity contribution >= 4 is 35.1 Å². The summed E-state index contributed by atoms with van der Waals surface area (Å²) in [5.74, 6) is -0.405. The number of hydrogen-bond acceptors (Lipinski definition) is 5. The Bertz CT molecular complexity index is 1190. The zero-order valence-corrected chi connectivity index (χ0v) is 17.3. The van der Waals surface area contributed by atoms with Crippen LogP contribution < -0.4 is 5.43 Å². The lowest BCUT2D eigenvalue weighted by Crippen LogP contribution is -2.18. The van der Waals surface area contributed by atoms with Gasteiger partial charge in [-0.25, -0.2) is 10.1 Å².